The van der Waals surface area contributed by atoms with Crippen LogP contribution in [0.2, 0.25) is 0 Å². The number of nitrogens with zero attached hydrogens (tertiary/aromatic N) is 2. The number of hydrogen-bond acceptors (Lipinski definition) is 5. The van der Waals surface area contributed by atoms with Crippen molar-refractivity contribution in [1.82, 2.24) is 10.2 Å². The first-order chi connectivity index (χ1) is 10.7. The minimum atomic E-state index is -0.0702. The van der Waals surface area contributed by atoms with E-state index in [0.29, 0.717) is 24.6 Å². The number of benzene rings is 1. The van der Waals surface area contributed by atoms with Gasteiger partial charge in [0.25, 0.3) is 0 Å². The highest BCUT2D eigenvalue weighted by Gasteiger charge is 2.11. The Labute approximate surface area is 132 Å². The van der Waals surface area contributed by atoms with Crippen molar-refractivity contribution in [2.24, 2.45) is 0 Å². The minimum Gasteiger partial charge on any atom is -0.421 e. The molecule has 3 rings (SSSR count). The third-order valence-corrected chi connectivity index (χ3v) is 3.82. The number of anilines is 1. The molecule has 0 aliphatic carbocycles. The van der Waals surface area contributed by atoms with E-state index in [1.807, 2.05) is 48.0 Å². The molecule has 2 heterocycles. The standard InChI is InChI=1S/C16H15N3O2S/c1-11-2-4-13(5-3-11)17-14(20)6-7-15-18-19-16(21-15)12-8-9-22-10-12/h2-5,8-10H,6-7H2,1H3,(H,17,20). The number of nitrogens with one attached hydrogen (secondary N) is 1. The quantitative estimate of drug-likeness (QED) is 0.780. The van der Waals surface area contributed by atoms with Crippen molar-refractivity contribution in [1.29, 1.82) is 0 Å². The molecular formula is C16H15N3O2S. The van der Waals surface area contributed by atoms with Crippen molar-refractivity contribution < 1.29 is 9.21 Å². The van der Waals surface area contributed by atoms with Crippen molar-refractivity contribution in [2.45, 2.75) is 19.8 Å². The Morgan fingerprint density at radius 1 is 1.23 bits per heavy atom. The number of aryl methyl sites for hydroxylation is 2. The van der Waals surface area contributed by atoms with E-state index in [1.165, 1.54) is 0 Å². The fourth-order valence-electron chi connectivity index (χ4n) is 1.94. The monoisotopic (exact) mass is 313 g/mol. The molecule has 0 unspecified atom stereocenters. The number of carbonyl (C=O) groups is 1. The molecule has 1 aromatic carbocycles. The van der Waals surface area contributed by atoms with Gasteiger partial charge in [-0.2, -0.15) is 11.3 Å². The smallest absolute Gasteiger partial charge is 0.248 e. The van der Waals surface area contributed by atoms with Crippen LogP contribution >= 0.6 is 11.3 Å². The second-order valence-electron chi connectivity index (χ2n) is 4.93. The van der Waals surface area contributed by atoms with Gasteiger partial charge >= 0.3 is 0 Å². The Morgan fingerprint density at radius 2 is 2.05 bits per heavy atom. The van der Waals surface area contributed by atoms with E-state index >= 15 is 0 Å². The van der Waals surface area contributed by atoms with Crippen LogP contribution in [-0.4, -0.2) is 16.1 Å². The molecule has 0 fully saturated rings. The van der Waals surface area contributed by atoms with Crippen LogP contribution in [0.25, 0.3) is 11.5 Å². The maximum atomic E-state index is 11.9. The summed E-state index contributed by atoms with van der Waals surface area (Å²) in [5.74, 6) is 0.898. The third kappa shape index (κ3) is 3.59. The molecule has 5 nitrogen and oxygen atoms in total. The van der Waals surface area contributed by atoms with Crippen molar-refractivity contribution in [3.05, 3.63) is 52.5 Å². The second-order valence-corrected chi connectivity index (χ2v) is 5.71. The Morgan fingerprint density at radius 3 is 2.77 bits per heavy atom. The number of amides is 1. The molecule has 3 aromatic rings. The van der Waals surface area contributed by atoms with Crippen LogP contribution in [0.15, 0.2) is 45.5 Å². The Balaban J connectivity index is 1.54. The minimum absolute atomic E-state index is 0.0702. The van der Waals surface area contributed by atoms with Crippen molar-refractivity contribution in [3.8, 4) is 11.5 Å². The maximum absolute atomic E-state index is 11.9. The molecule has 0 saturated carbocycles. The van der Waals surface area contributed by atoms with Gasteiger partial charge in [-0.1, -0.05) is 17.7 Å². The van der Waals surface area contributed by atoms with Gasteiger partial charge in [0, 0.05) is 29.5 Å². The Hall–Kier alpha value is -2.47. The summed E-state index contributed by atoms with van der Waals surface area (Å²) in [6.45, 7) is 2.01. The van der Waals surface area contributed by atoms with E-state index in [9.17, 15) is 4.79 Å². The largest absolute Gasteiger partial charge is 0.421 e. The first-order valence-electron chi connectivity index (χ1n) is 6.92. The lowest BCUT2D eigenvalue weighted by Crippen LogP contribution is -2.12. The van der Waals surface area contributed by atoms with Gasteiger partial charge in [0.15, 0.2) is 0 Å². The number of rotatable bonds is 5. The molecule has 0 aliphatic rings. The summed E-state index contributed by atoms with van der Waals surface area (Å²) in [6, 6.07) is 9.61. The molecule has 6 heteroatoms. The lowest BCUT2D eigenvalue weighted by molar-refractivity contribution is -0.116. The SMILES string of the molecule is Cc1ccc(NC(=O)CCc2nnc(-c3ccsc3)o2)cc1. The summed E-state index contributed by atoms with van der Waals surface area (Å²) in [4.78, 5) is 11.9. The predicted octanol–water partition coefficient (Wildman–Crippen LogP) is 3.68. The van der Waals surface area contributed by atoms with Gasteiger partial charge in [-0.25, -0.2) is 0 Å². The predicted molar refractivity (Wildman–Crippen MR) is 85.7 cm³/mol. The first-order valence-corrected chi connectivity index (χ1v) is 7.86. The van der Waals surface area contributed by atoms with Gasteiger partial charge in [0.2, 0.25) is 17.7 Å². The number of carbonyl (C=O) groups excluding carboxylic acids is 1. The molecular weight excluding hydrogens is 298 g/mol. The number of hydrogen-bond donors (Lipinski definition) is 1. The molecule has 0 saturated heterocycles. The summed E-state index contributed by atoms with van der Waals surface area (Å²) in [5.41, 5.74) is 2.86. The lowest BCUT2D eigenvalue weighted by atomic mass is 10.2. The van der Waals surface area contributed by atoms with Crippen molar-refractivity contribution >= 4 is 22.9 Å². The molecule has 1 N–H and O–H groups in total. The van der Waals surface area contributed by atoms with Gasteiger partial charge in [-0.05, 0) is 30.5 Å². The van der Waals surface area contributed by atoms with E-state index in [0.717, 1.165) is 16.8 Å². The summed E-state index contributed by atoms with van der Waals surface area (Å²) in [6.07, 6.45) is 0.730. The highest BCUT2D eigenvalue weighted by molar-refractivity contribution is 7.08. The van der Waals surface area contributed by atoms with Crippen LogP contribution in [0.5, 0.6) is 0 Å². The average molecular weight is 313 g/mol. The van der Waals surface area contributed by atoms with Gasteiger partial charge in [-0.3, -0.25) is 4.79 Å². The summed E-state index contributed by atoms with van der Waals surface area (Å²) >= 11 is 1.57. The zero-order valence-electron chi connectivity index (χ0n) is 12.1. The molecule has 2 aromatic heterocycles. The van der Waals surface area contributed by atoms with Crippen LogP contribution in [0, 0.1) is 6.92 Å². The topological polar surface area (TPSA) is 68.0 Å². The van der Waals surface area contributed by atoms with Crippen LogP contribution in [0.3, 0.4) is 0 Å². The van der Waals surface area contributed by atoms with Gasteiger partial charge < -0.3 is 9.73 Å². The van der Waals surface area contributed by atoms with Crippen LogP contribution < -0.4 is 5.32 Å². The summed E-state index contributed by atoms with van der Waals surface area (Å²) in [7, 11) is 0. The van der Waals surface area contributed by atoms with Crippen LogP contribution in [0.4, 0.5) is 5.69 Å². The molecule has 0 aliphatic heterocycles. The first kappa shape index (κ1) is 14.5. The maximum Gasteiger partial charge on any atom is 0.248 e. The summed E-state index contributed by atoms with van der Waals surface area (Å²) in [5, 5.41) is 14.7. The molecule has 112 valence electrons. The van der Waals surface area contributed by atoms with Crippen molar-refractivity contribution in [3.63, 3.8) is 0 Å². The molecule has 1 amide bonds. The van der Waals surface area contributed by atoms with Gasteiger partial charge in [0.05, 0.1) is 0 Å². The van der Waals surface area contributed by atoms with Crippen LogP contribution in [-0.2, 0) is 11.2 Å². The number of thiophene rings is 1. The van der Waals surface area contributed by atoms with E-state index in [-0.39, 0.29) is 5.91 Å². The highest BCUT2D eigenvalue weighted by Crippen LogP contribution is 2.20. The fourth-order valence-corrected chi connectivity index (χ4v) is 2.57. The van der Waals surface area contributed by atoms with E-state index in [1.54, 1.807) is 11.3 Å². The van der Waals surface area contributed by atoms with Gasteiger partial charge in [0.1, 0.15) is 0 Å². The van der Waals surface area contributed by atoms with E-state index < -0.39 is 0 Å². The van der Waals surface area contributed by atoms with Crippen molar-refractivity contribution in [2.75, 3.05) is 5.32 Å². The Bertz CT molecular complexity index is 748. The Kier molecular flexibility index (Phi) is 4.29. The number of aromatic nitrogens is 2. The van der Waals surface area contributed by atoms with E-state index in [4.69, 9.17) is 4.42 Å². The normalized spacial score (nSPS) is 10.6. The third-order valence-electron chi connectivity index (χ3n) is 3.14. The molecule has 0 radical (unpaired) electrons. The summed E-state index contributed by atoms with van der Waals surface area (Å²) < 4.78 is 5.55. The fraction of sp³-hybridized carbons (Fsp3) is 0.188. The zero-order valence-corrected chi connectivity index (χ0v) is 12.9. The average Bonchev–Trinajstić information content (AvgIpc) is 3.18. The van der Waals surface area contributed by atoms with E-state index in [2.05, 4.69) is 15.5 Å². The molecule has 0 bridgehead atoms. The lowest BCUT2D eigenvalue weighted by Gasteiger charge is -2.04. The molecule has 0 spiro atoms. The van der Waals surface area contributed by atoms with Gasteiger partial charge in [-0.15, -0.1) is 10.2 Å². The second kappa shape index (κ2) is 6.53. The zero-order chi connectivity index (χ0) is 15.4. The highest BCUT2D eigenvalue weighted by atomic mass is 32.1. The van der Waals surface area contributed by atoms with Crippen LogP contribution in [0.1, 0.15) is 17.9 Å². The molecule has 22 heavy (non-hydrogen) atoms. The molecule has 0 atom stereocenters.